The van der Waals surface area contributed by atoms with Crippen LogP contribution >= 0.6 is 0 Å². The fourth-order valence-corrected chi connectivity index (χ4v) is 1.91. The highest BCUT2D eigenvalue weighted by Gasteiger charge is 2.19. The highest BCUT2D eigenvalue weighted by atomic mass is 16.3. The lowest BCUT2D eigenvalue weighted by molar-refractivity contribution is -0.133. The number of furan rings is 2. The number of amides is 1. The Morgan fingerprint density at radius 1 is 1.20 bits per heavy atom. The molecule has 0 spiro atoms. The van der Waals surface area contributed by atoms with Gasteiger partial charge in [-0.1, -0.05) is 6.92 Å². The minimum Gasteiger partial charge on any atom is -0.467 e. The summed E-state index contributed by atoms with van der Waals surface area (Å²) < 4.78 is 10.6. The van der Waals surface area contributed by atoms with Crippen LogP contribution in [0.15, 0.2) is 45.6 Å². The van der Waals surface area contributed by atoms with Crippen molar-refractivity contribution in [3.05, 3.63) is 48.3 Å². The van der Waals surface area contributed by atoms with E-state index in [4.69, 9.17) is 14.6 Å². The largest absolute Gasteiger partial charge is 0.467 e. The maximum absolute atomic E-state index is 12.3. The van der Waals surface area contributed by atoms with Crippen molar-refractivity contribution in [2.45, 2.75) is 38.9 Å². The Labute approximate surface area is 118 Å². The van der Waals surface area contributed by atoms with Crippen LogP contribution in [0.3, 0.4) is 0 Å². The summed E-state index contributed by atoms with van der Waals surface area (Å²) in [6.45, 7) is 2.81. The zero-order valence-electron chi connectivity index (χ0n) is 11.6. The van der Waals surface area contributed by atoms with Crippen molar-refractivity contribution in [3.8, 4) is 0 Å². The summed E-state index contributed by atoms with van der Waals surface area (Å²) in [5.74, 6) is 1.50. The maximum Gasteiger partial charge on any atom is 0.224 e. The molecule has 0 aliphatic rings. The normalized spacial score (nSPS) is 12.3. The maximum atomic E-state index is 12.3. The SMILES string of the molecule is CCC(N)CC(=O)N(Cc1ccco1)Cc1ccco1. The van der Waals surface area contributed by atoms with Gasteiger partial charge in [-0.2, -0.15) is 0 Å². The van der Waals surface area contributed by atoms with E-state index >= 15 is 0 Å². The summed E-state index contributed by atoms with van der Waals surface area (Å²) in [6, 6.07) is 7.20. The average Bonchev–Trinajstić information content (AvgIpc) is 3.11. The van der Waals surface area contributed by atoms with Crippen LogP contribution in [0.4, 0.5) is 0 Å². The van der Waals surface area contributed by atoms with Crippen LogP contribution in [0.2, 0.25) is 0 Å². The Kier molecular flexibility index (Phi) is 5.01. The first-order valence-electron chi connectivity index (χ1n) is 6.77. The zero-order chi connectivity index (χ0) is 14.4. The van der Waals surface area contributed by atoms with Crippen molar-refractivity contribution >= 4 is 5.91 Å². The van der Waals surface area contributed by atoms with Crippen LogP contribution in [0, 0.1) is 0 Å². The summed E-state index contributed by atoms with van der Waals surface area (Å²) >= 11 is 0. The lowest BCUT2D eigenvalue weighted by atomic mass is 10.1. The number of nitrogens with two attached hydrogens (primary N) is 1. The number of hydrogen-bond donors (Lipinski definition) is 1. The van der Waals surface area contributed by atoms with E-state index < -0.39 is 0 Å². The number of nitrogens with zero attached hydrogens (tertiary/aromatic N) is 1. The van der Waals surface area contributed by atoms with Gasteiger partial charge in [0.05, 0.1) is 25.6 Å². The number of carbonyl (C=O) groups is 1. The number of hydrogen-bond acceptors (Lipinski definition) is 4. The van der Waals surface area contributed by atoms with Gasteiger partial charge in [0.25, 0.3) is 0 Å². The molecule has 20 heavy (non-hydrogen) atoms. The van der Waals surface area contributed by atoms with Gasteiger partial charge in [-0.15, -0.1) is 0 Å². The van der Waals surface area contributed by atoms with Gasteiger partial charge in [0.1, 0.15) is 11.5 Å². The van der Waals surface area contributed by atoms with Gasteiger partial charge in [-0.25, -0.2) is 0 Å². The summed E-state index contributed by atoms with van der Waals surface area (Å²) in [5, 5.41) is 0. The molecule has 0 aromatic carbocycles. The molecule has 2 heterocycles. The van der Waals surface area contributed by atoms with Crippen LogP contribution in [0.1, 0.15) is 31.3 Å². The third-order valence-corrected chi connectivity index (χ3v) is 3.17. The molecular weight excluding hydrogens is 256 g/mol. The zero-order valence-corrected chi connectivity index (χ0v) is 11.6. The topological polar surface area (TPSA) is 72.6 Å². The predicted molar refractivity (Wildman–Crippen MR) is 74.6 cm³/mol. The van der Waals surface area contributed by atoms with Crippen LogP contribution < -0.4 is 5.73 Å². The Balaban J connectivity index is 2.04. The molecule has 5 nitrogen and oxygen atoms in total. The van der Waals surface area contributed by atoms with Crippen molar-refractivity contribution in [2.24, 2.45) is 5.73 Å². The molecule has 0 saturated carbocycles. The molecule has 2 rings (SSSR count). The van der Waals surface area contributed by atoms with Gasteiger partial charge in [0, 0.05) is 12.5 Å². The first kappa shape index (κ1) is 14.4. The van der Waals surface area contributed by atoms with Crippen molar-refractivity contribution in [3.63, 3.8) is 0 Å². The van der Waals surface area contributed by atoms with Crippen LogP contribution in [-0.2, 0) is 17.9 Å². The third kappa shape index (κ3) is 3.99. The Hall–Kier alpha value is -2.01. The summed E-state index contributed by atoms with van der Waals surface area (Å²) in [4.78, 5) is 14.0. The minimum atomic E-state index is -0.113. The average molecular weight is 276 g/mol. The predicted octanol–water partition coefficient (Wildman–Crippen LogP) is 2.53. The van der Waals surface area contributed by atoms with Crippen molar-refractivity contribution in [1.29, 1.82) is 0 Å². The van der Waals surface area contributed by atoms with Crippen LogP contribution in [0.25, 0.3) is 0 Å². The van der Waals surface area contributed by atoms with E-state index in [2.05, 4.69) is 0 Å². The molecule has 0 aliphatic heterocycles. The smallest absolute Gasteiger partial charge is 0.224 e. The molecule has 108 valence electrons. The van der Waals surface area contributed by atoms with Gasteiger partial charge >= 0.3 is 0 Å². The molecule has 0 bridgehead atoms. The van der Waals surface area contributed by atoms with Crippen molar-refractivity contribution in [2.75, 3.05) is 0 Å². The molecule has 1 unspecified atom stereocenters. The van der Waals surface area contributed by atoms with Gasteiger partial charge in [-0.05, 0) is 30.7 Å². The molecule has 0 radical (unpaired) electrons. The molecule has 0 aliphatic carbocycles. The quantitative estimate of drug-likeness (QED) is 0.843. The van der Waals surface area contributed by atoms with Gasteiger partial charge in [-0.3, -0.25) is 4.79 Å². The summed E-state index contributed by atoms with van der Waals surface area (Å²) in [6.07, 6.45) is 4.31. The summed E-state index contributed by atoms with van der Waals surface area (Å²) in [5.41, 5.74) is 5.86. The van der Waals surface area contributed by atoms with Gasteiger partial charge in [0.15, 0.2) is 0 Å². The first-order chi connectivity index (χ1) is 9.69. The second-order valence-electron chi connectivity index (χ2n) is 4.78. The number of carbonyl (C=O) groups excluding carboxylic acids is 1. The van der Waals surface area contributed by atoms with Crippen molar-refractivity contribution in [1.82, 2.24) is 4.90 Å². The Bertz CT molecular complexity index is 469. The Morgan fingerprint density at radius 2 is 1.75 bits per heavy atom. The first-order valence-corrected chi connectivity index (χ1v) is 6.77. The lowest BCUT2D eigenvalue weighted by Gasteiger charge is -2.22. The lowest BCUT2D eigenvalue weighted by Crippen LogP contribution is -2.34. The fraction of sp³-hybridized carbons (Fsp3) is 0.400. The molecule has 2 aromatic heterocycles. The molecule has 2 aromatic rings. The molecular formula is C15H20N2O3. The molecule has 1 amide bonds. The standard InChI is InChI=1S/C15H20N2O3/c1-2-12(16)9-15(18)17(10-13-5-3-7-19-13)11-14-6-4-8-20-14/h3-8,12H,2,9-11,16H2,1H3. The highest BCUT2D eigenvalue weighted by molar-refractivity contribution is 5.76. The second-order valence-corrected chi connectivity index (χ2v) is 4.78. The van der Waals surface area contributed by atoms with E-state index in [0.717, 1.165) is 17.9 Å². The molecule has 0 saturated heterocycles. The van der Waals surface area contributed by atoms with Gasteiger partial charge in [0.2, 0.25) is 5.91 Å². The van der Waals surface area contributed by atoms with Crippen LogP contribution in [-0.4, -0.2) is 16.8 Å². The molecule has 1 atom stereocenters. The van der Waals surface area contributed by atoms with Gasteiger partial charge < -0.3 is 19.5 Å². The van der Waals surface area contributed by atoms with E-state index in [0.29, 0.717) is 19.5 Å². The van der Waals surface area contributed by atoms with E-state index in [1.54, 1.807) is 17.4 Å². The van der Waals surface area contributed by atoms with E-state index in [9.17, 15) is 4.79 Å². The Morgan fingerprint density at radius 3 is 2.15 bits per heavy atom. The molecule has 5 heteroatoms. The molecule has 0 fully saturated rings. The molecule has 2 N–H and O–H groups in total. The number of rotatable bonds is 7. The fourth-order valence-electron chi connectivity index (χ4n) is 1.91. The highest BCUT2D eigenvalue weighted by Crippen LogP contribution is 2.13. The van der Waals surface area contributed by atoms with E-state index in [-0.39, 0.29) is 11.9 Å². The van der Waals surface area contributed by atoms with Crippen molar-refractivity contribution < 1.29 is 13.6 Å². The van der Waals surface area contributed by atoms with E-state index in [1.807, 2.05) is 31.2 Å². The minimum absolute atomic E-state index is 0.00662. The third-order valence-electron chi connectivity index (χ3n) is 3.17. The summed E-state index contributed by atoms with van der Waals surface area (Å²) in [7, 11) is 0. The second kappa shape index (κ2) is 6.96. The van der Waals surface area contributed by atoms with Crippen LogP contribution in [0.5, 0.6) is 0 Å². The monoisotopic (exact) mass is 276 g/mol. The van der Waals surface area contributed by atoms with E-state index in [1.165, 1.54) is 0 Å².